The molecule has 0 spiro atoms. The molecule has 2 rings (SSSR count). The van der Waals surface area contributed by atoms with E-state index in [9.17, 15) is 4.79 Å². The molecule has 76 valence electrons. The molecule has 0 radical (unpaired) electrons. The van der Waals surface area contributed by atoms with Crippen LogP contribution in [-0.4, -0.2) is 12.1 Å². The van der Waals surface area contributed by atoms with E-state index in [1.165, 1.54) is 11.1 Å². The molecule has 1 aromatic carbocycles. The fourth-order valence-corrected chi connectivity index (χ4v) is 1.80. The monoisotopic (exact) mass is 199 g/mol. The maximum atomic E-state index is 10.1. The predicted octanol–water partition coefficient (Wildman–Crippen LogP) is 2.81. The van der Waals surface area contributed by atoms with Gasteiger partial charge in [-0.3, -0.25) is 0 Å². The highest BCUT2D eigenvalue weighted by Gasteiger charge is 2.38. The van der Waals surface area contributed by atoms with Crippen molar-refractivity contribution in [3.63, 3.8) is 0 Å². The van der Waals surface area contributed by atoms with Gasteiger partial charge < -0.3 is 0 Å². The SMILES string of the molecule is C/C(=C\c1ccccc1)C1CC1N=C=O. The van der Waals surface area contributed by atoms with Gasteiger partial charge in [0, 0.05) is 5.92 Å². The molecule has 0 aliphatic heterocycles. The lowest BCUT2D eigenvalue weighted by molar-refractivity contribution is 0.562. The van der Waals surface area contributed by atoms with Crippen LogP contribution in [0.5, 0.6) is 0 Å². The Hall–Kier alpha value is -1.66. The second kappa shape index (κ2) is 4.24. The van der Waals surface area contributed by atoms with Crippen molar-refractivity contribution in [2.75, 3.05) is 0 Å². The normalized spacial score (nSPS) is 24.5. The van der Waals surface area contributed by atoms with Gasteiger partial charge in [0.15, 0.2) is 0 Å². The summed E-state index contributed by atoms with van der Waals surface area (Å²) in [5.41, 5.74) is 2.50. The van der Waals surface area contributed by atoms with Gasteiger partial charge >= 0.3 is 0 Å². The molecule has 1 fully saturated rings. The first-order valence-electron chi connectivity index (χ1n) is 5.11. The van der Waals surface area contributed by atoms with E-state index in [-0.39, 0.29) is 6.04 Å². The molecule has 1 aromatic rings. The fourth-order valence-electron chi connectivity index (χ4n) is 1.80. The second-order valence-corrected chi connectivity index (χ2v) is 3.93. The summed E-state index contributed by atoms with van der Waals surface area (Å²) >= 11 is 0. The molecule has 2 atom stereocenters. The minimum atomic E-state index is 0.183. The van der Waals surface area contributed by atoms with Crippen LogP contribution in [0.25, 0.3) is 6.08 Å². The third kappa shape index (κ3) is 2.42. The Morgan fingerprint density at radius 3 is 2.87 bits per heavy atom. The van der Waals surface area contributed by atoms with Crippen molar-refractivity contribution in [1.82, 2.24) is 0 Å². The van der Waals surface area contributed by atoms with Crippen LogP contribution in [0, 0.1) is 5.92 Å². The summed E-state index contributed by atoms with van der Waals surface area (Å²) in [7, 11) is 0. The van der Waals surface area contributed by atoms with Gasteiger partial charge in [-0.15, -0.1) is 0 Å². The van der Waals surface area contributed by atoms with Crippen molar-refractivity contribution in [1.29, 1.82) is 0 Å². The van der Waals surface area contributed by atoms with Crippen LogP contribution in [0.4, 0.5) is 0 Å². The van der Waals surface area contributed by atoms with E-state index in [4.69, 9.17) is 0 Å². The van der Waals surface area contributed by atoms with Crippen LogP contribution < -0.4 is 0 Å². The third-order valence-electron chi connectivity index (χ3n) is 2.75. The first-order chi connectivity index (χ1) is 7.31. The molecule has 0 saturated heterocycles. The van der Waals surface area contributed by atoms with Crippen LogP contribution in [0.2, 0.25) is 0 Å². The number of hydrogen-bond acceptors (Lipinski definition) is 2. The predicted molar refractivity (Wildman–Crippen MR) is 60.1 cm³/mol. The van der Waals surface area contributed by atoms with E-state index in [0.717, 1.165) is 6.42 Å². The highest BCUT2D eigenvalue weighted by molar-refractivity contribution is 5.54. The van der Waals surface area contributed by atoms with E-state index in [0.29, 0.717) is 5.92 Å². The Kier molecular flexibility index (Phi) is 2.79. The molecule has 0 heterocycles. The summed E-state index contributed by atoms with van der Waals surface area (Å²) in [6.07, 6.45) is 4.77. The first-order valence-corrected chi connectivity index (χ1v) is 5.11. The lowest BCUT2D eigenvalue weighted by Gasteiger charge is -1.97. The summed E-state index contributed by atoms with van der Waals surface area (Å²) in [5, 5.41) is 0. The van der Waals surface area contributed by atoms with Gasteiger partial charge in [-0.25, -0.2) is 9.79 Å². The lowest BCUT2D eigenvalue weighted by atomic mass is 10.1. The summed E-state index contributed by atoms with van der Waals surface area (Å²) in [4.78, 5) is 13.8. The van der Waals surface area contributed by atoms with Gasteiger partial charge in [-0.2, -0.15) is 0 Å². The van der Waals surface area contributed by atoms with Crippen molar-refractivity contribution >= 4 is 12.2 Å². The summed E-state index contributed by atoms with van der Waals surface area (Å²) < 4.78 is 0. The molecule has 0 amide bonds. The number of aliphatic imine (C=N–C) groups is 1. The number of nitrogens with zero attached hydrogens (tertiary/aromatic N) is 1. The fraction of sp³-hybridized carbons (Fsp3) is 0.308. The average Bonchev–Trinajstić information content (AvgIpc) is 2.99. The first kappa shape index (κ1) is 9.88. The quantitative estimate of drug-likeness (QED) is 0.543. The molecule has 0 bridgehead atoms. The number of hydrogen-bond donors (Lipinski definition) is 0. The van der Waals surface area contributed by atoms with Crippen LogP contribution in [0.15, 0.2) is 40.9 Å². The molecule has 2 nitrogen and oxygen atoms in total. The van der Waals surface area contributed by atoms with Gasteiger partial charge in [0.2, 0.25) is 6.08 Å². The molecule has 0 N–H and O–H groups in total. The van der Waals surface area contributed by atoms with Crippen LogP contribution in [0.3, 0.4) is 0 Å². The van der Waals surface area contributed by atoms with E-state index >= 15 is 0 Å². The molecule has 2 unspecified atom stereocenters. The highest BCUT2D eigenvalue weighted by atomic mass is 16.1. The van der Waals surface area contributed by atoms with Gasteiger partial charge in [-0.1, -0.05) is 42.0 Å². The van der Waals surface area contributed by atoms with E-state index in [1.54, 1.807) is 6.08 Å². The zero-order valence-electron chi connectivity index (χ0n) is 8.68. The van der Waals surface area contributed by atoms with E-state index in [1.807, 2.05) is 18.2 Å². The maximum Gasteiger partial charge on any atom is 0.235 e. The van der Waals surface area contributed by atoms with E-state index < -0.39 is 0 Å². The second-order valence-electron chi connectivity index (χ2n) is 3.93. The Morgan fingerprint density at radius 2 is 2.20 bits per heavy atom. The third-order valence-corrected chi connectivity index (χ3v) is 2.75. The molecule has 1 aliphatic carbocycles. The van der Waals surface area contributed by atoms with Gasteiger partial charge in [0.05, 0.1) is 6.04 Å². The van der Waals surface area contributed by atoms with Gasteiger partial charge in [0.25, 0.3) is 0 Å². The molecule has 15 heavy (non-hydrogen) atoms. The maximum absolute atomic E-state index is 10.1. The number of isocyanates is 1. The van der Waals surface area contributed by atoms with Crippen LogP contribution in [0.1, 0.15) is 18.9 Å². The van der Waals surface area contributed by atoms with Crippen LogP contribution in [-0.2, 0) is 4.79 Å². The Morgan fingerprint density at radius 1 is 1.47 bits per heavy atom. The van der Waals surface area contributed by atoms with Crippen LogP contribution >= 0.6 is 0 Å². The van der Waals surface area contributed by atoms with Crippen molar-refractivity contribution < 1.29 is 4.79 Å². The summed E-state index contributed by atoms with van der Waals surface area (Å²) in [5.74, 6) is 0.451. The summed E-state index contributed by atoms with van der Waals surface area (Å²) in [6.45, 7) is 2.10. The number of carbonyl (C=O) groups excluding carboxylic acids is 1. The molecule has 1 aliphatic rings. The Balaban J connectivity index is 2.06. The molecular weight excluding hydrogens is 186 g/mol. The Bertz CT molecular complexity index is 415. The van der Waals surface area contributed by atoms with Gasteiger partial charge in [0.1, 0.15) is 0 Å². The zero-order valence-corrected chi connectivity index (χ0v) is 8.68. The molecule has 2 heteroatoms. The highest BCUT2D eigenvalue weighted by Crippen LogP contribution is 2.40. The molecular formula is C13H13NO. The van der Waals surface area contributed by atoms with Gasteiger partial charge in [-0.05, 0) is 18.9 Å². The standard InChI is InChI=1S/C13H13NO/c1-10(12-8-13(12)14-9-15)7-11-5-3-2-4-6-11/h2-7,12-13H,8H2,1H3/b10-7+. The number of rotatable bonds is 3. The molecule has 0 aromatic heterocycles. The smallest absolute Gasteiger partial charge is 0.211 e. The zero-order chi connectivity index (χ0) is 10.7. The van der Waals surface area contributed by atoms with Crippen molar-refractivity contribution in [3.8, 4) is 0 Å². The van der Waals surface area contributed by atoms with Crippen molar-refractivity contribution in [2.24, 2.45) is 10.9 Å². The van der Waals surface area contributed by atoms with E-state index in [2.05, 4.69) is 30.1 Å². The topological polar surface area (TPSA) is 29.4 Å². The lowest BCUT2D eigenvalue weighted by Crippen LogP contribution is -1.86. The number of benzene rings is 1. The molecule has 1 saturated carbocycles. The minimum Gasteiger partial charge on any atom is -0.211 e. The average molecular weight is 199 g/mol. The Labute approximate surface area is 89.3 Å². The van der Waals surface area contributed by atoms with Crippen molar-refractivity contribution in [3.05, 3.63) is 41.5 Å². The minimum absolute atomic E-state index is 0.183. The largest absolute Gasteiger partial charge is 0.235 e. The van der Waals surface area contributed by atoms with Crippen molar-refractivity contribution in [2.45, 2.75) is 19.4 Å². The summed E-state index contributed by atoms with van der Waals surface area (Å²) in [6, 6.07) is 10.4.